The molecule has 1 aromatic rings. The lowest BCUT2D eigenvalue weighted by Gasteiger charge is -2.17. The van der Waals surface area contributed by atoms with Gasteiger partial charge in [0.05, 0.1) is 6.10 Å². The van der Waals surface area contributed by atoms with Crippen LogP contribution in [0.1, 0.15) is 25.7 Å². The first-order valence-corrected chi connectivity index (χ1v) is 6.79. The fourth-order valence-electron chi connectivity index (χ4n) is 2.38. The number of rotatable bonds is 7. The molecule has 0 spiro atoms. The van der Waals surface area contributed by atoms with Gasteiger partial charge in [0.2, 0.25) is 0 Å². The number of imidazole rings is 1. The fraction of sp³-hybridized carbons (Fsp3) is 0.769. The summed E-state index contributed by atoms with van der Waals surface area (Å²) in [6.07, 6.45) is 8.74. The Balaban J connectivity index is 1.58. The molecule has 18 heavy (non-hydrogen) atoms. The van der Waals surface area contributed by atoms with E-state index >= 15 is 0 Å². The number of nitrogens with zero attached hydrogens (tertiary/aromatic N) is 2. The van der Waals surface area contributed by atoms with E-state index in [4.69, 9.17) is 4.74 Å². The average molecular weight is 253 g/mol. The molecule has 0 aromatic carbocycles. The van der Waals surface area contributed by atoms with Crippen molar-refractivity contribution in [2.45, 2.75) is 38.3 Å². The van der Waals surface area contributed by atoms with Gasteiger partial charge >= 0.3 is 5.69 Å². The maximum Gasteiger partial charge on any atom is 0.325 e. The lowest BCUT2D eigenvalue weighted by atomic mass is 10.1. The molecule has 0 unspecified atom stereocenters. The van der Waals surface area contributed by atoms with Crippen LogP contribution in [0.25, 0.3) is 0 Å². The SMILES string of the molecule is CN(CCC[C@H]1CCCO1)CCn1cc[nH]c1=O. The second-order valence-corrected chi connectivity index (χ2v) is 5.04. The Labute approximate surface area is 108 Å². The highest BCUT2D eigenvalue weighted by Crippen LogP contribution is 2.16. The Hall–Kier alpha value is -1.07. The second kappa shape index (κ2) is 6.75. The van der Waals surface area contributed by atoms with E-state index in [9.17, 15) is 4.79 Å². The summed E-state index contributed by atoms with van der Waals surface area (Å²) in [5.41, 5.74) is -0.0252. The van der Waals surface area contributed by atoms with Crippen molar-refractivity contribution in [2.24, 2.45) is 0 Å². The third-order valence-electron chi connectivity index (χ3n) is 3.53. The first-order chi connectivity index (χ1) is 8.75. The number of nitrogens with one attached hydrogen (secondary N) is 1. The molecular formula is C13H23N3O2. The summed E-state index contributed by atoms with van der Waals surface area (Å²) >= 11 is 0. The molecule has 1 saturated heterocycles. The summed E-state index contributed by atoms with van der Waals surface area (Å²) in [7, 11) is 2.10. The Kier molecular flexibility index (Phi) is 5.01. The van der Waals surface area contributed by atoms with Crippen LogP contribution in [0, 0.1) is 0 Å². The highest BCUT2D eigenvalue weighted by atomic mass is 16.5. The van der Waals surface area contributed by atoms with E-state index in [0.29, 0.717) is 6.10 Å². The highest BCUT2D eigenvalue weighted by Gasteiger charge is 2.14. The van der Waals surface area contributed by atoms with Crippen LogP contribution < -0.4 is 5.69 Å². The maximum atomic E-state index is 11.3. The number of likely N-dealkylation sites (N-methyl/N-ethyl adjacent to an activating group) is 1. The smallest absolute Gasteiger partial charge is 0.325 e. The lowest BCUT2D eigenvalue weighted by molar-refractivity contribution is 0.0996. The third-order valence-corrected chi connectivity index (χ3v) is 3.53. The maximum absolute atomic E-state index is 11.3. The number of aromatic amines is 1. The summed E-state index contributed by atoms with van der Waals surface area (Å²) < 4.78 is 7.31. The quantitative estimate of drug-likeness (QED) is 0.790. The molecule has 5 heteroatoms. The Morgan fingerprint density at radius 3 is 3.11 bits per heavy atom. The summed E-state index contributed by atoms with van der Waals surface area (Å²) in [5.74, 6) is 0. The summed E-state index contributed by atoms with van der Waals surface area (Å²) in [6, 6.07) is 0. The van der Waals surface area contributed by atoms with Gasteiger partial charge in [-0.05, 0) is 39.3 Å². The minimum Gasteiger partial charge on any atom is -0.378 e. The zero-order valence-corrected chi connectivity index (χ0v) is 11.1. The molecule has 1 atom stereocenters. The van der Waals surface area contributed by atoms with Gasteiger partial charge in [0.25, 0.3) is 0 Å². The van der Waals surface area contributed by atoms with Crippen LogP contribution in [0.2, 0.25) is 0 Å². The molecule has 1 aliphatic rings. The summed E-state index contributed by atoms with van der Waals surface area (Å²) in [6.45, 7) is 3.66. The van der Waals surface area contributed by atoms with E-state index in [1.54, 1.807) is 17.0 Å². The Morgan fingerprint density at radius 1 is 1.56 bits per heavy atom. The molecular weight excluding hydrogens is 230 g/mol. The first kappa shape index (κ1) is 13.4. The normalized spacial score (nSPS) is 19.8. The second-order valence-electron chi connectivity index (χ2n) is 5.04. The van der Waals surface area contributed by atoms with Crippen molar-refractivity contribution in [3.05, 3.63) is 22.9 Å². The molecule has 0 radical (unpaired) electrons. The molecule has 0 aliphatic carbocycles. The Bertz CT molecular complexity index is 393. The molecule has 1 N–H and O–H groups in total. The van der Waals surface area contributed by atoms with Crippen molar-refractivity contribution in [2.75, 3.05) is 26.7 Å². The van der Waals surface area contributed by atoms with E-state index in [0.717, 1.165) is 32.7 Å². The molecule has 2 heterocycles. The minimum atomic E-state index is -0.0252. The number of hydrogen-bond donors (Lipinski definition) is 1. The minimum absolute atomic E-state index is 0.0252. The number of hydrogen-bond acceptors (Lipinski definition) is 3. The van der Waals surface area contributed by atoms with Crippen molar-refractivity contribution in [3.8, 4) is 0 Å². The largest absolute Gasteiger partial charge is 0.378 e. The van der Waals surface area contributed by atoms with Crippen LogP contribution in [0.15, 0.2) is 17.2 Å². The standard InChI is InChI=1S/C13H23N3O2/c1-15(7-2-4-12-5-3-11-18-12)9-10-16-8-6-14-13(16)17/h6,8,12H,2-5,7,9-11H2,1H3,(H,14,17)/t12-/m0/s1. The van der Waals surface area contributed by atoms with Crippen LogP contribution in [0.4, 0.5) is 0 Å². The van der Waals surface area contributed by atoms with Gasteiger partial charge in [-0.2, -0.15) is 0 Å². The summed E-state index contributed by atoms with van der Waals surface area (Å²) in [5, 5.41) is 0. The van der Waals surface area contributed by atoms with Gasteiger partial charge in [-0.3, -0.25) is 4.57 Å². The van der Waals surface area contributed by atoms with Gasteiger partial charge in [-0.15, -0.1) is 0 Å². The number of H-pyrrole nitrogens is 1. The predicted molar refractivity (Wildman–Crippen MR) is 70.8 cm³/mol. The molecule has 1 aliphatic heterocycles. The van der Waals surface area contributed by atoms with Crippen LogP contribution in [-0.4, -0.2) is 47.3 Å². The van der Waals surface area contributed by atoms with E-state index < -0.39 is 0 Å². The highest BCUT2D eigenvalue weighted by molar-refractivity contribution is 4.76. The van der Waals surface area contributed by atoms with Crippen LogP contribution in [0.3, 0.4) is 0 Å². The van der Waals surface area contributed by atoms with Crippen LogP contribution in [-0.2, 0) is 11.3 Å². The van der Waals surface area contributed by atoms with Crippen molar-refractivity contribution in [3.63, 3.8) is 0 Å². The molecule has 1 fully saturated rings. The lowest BCUT2D eigenvalue weighted by Crippen LogP contribution is -2.28. The zero-order chi connectivity index (χ0) is 12.8. The van der Waals surface area contributed by atoms with Crippen LogP contribution in [0.5, 0.6) is 0 Å². The molecule has 5 nitrogen and oxygen atoms in total. The zero-order valence-electron chi connectivity index (χ0n) is 11.1. The van der Waals surface area contributed by atoms with E-state index in [2.05, 4.69) is 16.9 Å². The molecule has 102 valence electrons. The topological polar surface area (TPSA) is 50.3 Å². The van der Waals surface area contributed by atoms with Gasteiger partial charge in [-0.25, -0.2) is 4.79 Å². The Morgan fingerprint density at radius 2 is 2.44 bits per heavy atom. The van der Waals surface area contributed by atoms with Crippen molar-refractivity contribution >= 4 is 0 Å². The molecule has 0 bridgehead atoms. The number of ether oxygens (including phenoxy) is 1. The molecule has 1 aromatic heterocycles. The predicted octanol–water partition coefficient (Wildman–Crippen LogP) is 1.07. The number of aromatic nitrogens is 2. The van der Waals surface area contributed by atoms with E-state index in [1.807, 2.05) is 0 Å². The van der Waals surface area contributed by atoms with Gasteiger partial charge in [0, 0.05) is 32.1 Å². The fourth-order valence-corrected chi connectivity index (χ4v) is 2.38. The van der Waals surface area contributed by atoms with Gasteiger partial charge in [0.1, 0.15) is 0 Å². The van der Waals surface area contributed by atoms with Crippen LogP contribution >= 0.6 is 0 Å². The van der Waals surface area contributed by atoms with Gasteiger partial charge < -0.3 is 14.6 Å². The third kappa shape index (κ3) is 3.99. The van der Waals surface area contributed by atoms with Crippen molar-refractivity contribution in [1.29, 1.82) is 0 Å². The van der Waals surface area contributed by atoms with Gasteiger partial charge in [-0.1, -0.05) is 0 Å². The first-order valence-electron chi connectivity index (χ1n) is 6.79. The van der Waals surface area contributed by atoms with E-state index in [1.165, 1.54) is 19.3 Å². The molecule has 2 rings (SSSR count). The average Bonchev–Trinajstić information content (AvgIpc) is 2.98. The van der Waals surface area contributed by atoms with Crippen molar-refractivity contribution in [1.82, 2.24) is 14.5 Å². The monoisotopic (exact) mass is 253 g/mol. The molecule has 0 amide bonds. The molecule has 0 saturated carbocycles. The van der Waals surface area contributed by atoms with E-state index in [-0.39, 0.29) is 5.69 Å². The summed E-state index contributed by atoms with van der Waals surface area (Å²) in [4.78, 5) is 16.2. The van der Waals surface area contributed by atoms with Gasteiger partial charge in [0.15, 0.2) is 0 Å². The van der Waals surface area contributed by atoms with Crippen molar-refractivity contribution < 1.29 is 4.74 Å².